The Morgan fingerprint density at radius 2 is 1.88 bits per heavy atom. The van der Waals surface area contributed by atoms with Crippen molar-refractivity contribution in [1.29, 1.82) is 0 Å². The monoisotopic (exact) mass is 321 g/mol. The Hall–Kier alpha value is -2.43. The third-order valence-corrected chi connectivity index (χ3v) is 4.85. The van der Waals surface area contributed by atoms with Crippen LogP contribution >= 0.6 is 0 Å². The summed E-state index contributed by atoms with van der Waals surface area (Å²) in [5.41, 5.74) is 3.23. The lowest BCUT2D eigenvalue weighted by atomic mass is 10.1. The number of aryl methyl sites for hydroxylation is 1. The molecule has 0 radical (unpaired) electrons. The number of hydrogen-bond donors (Lipinski definition) is 1. The van der Waals surface area contributed by atoms with Gasteiger partial charge in [0.1, 0.15) is 11.8 Å². The molecule has 1 aliphatic rings. The highest BCUT2D eigenvalue weighted by molar-refractivity contribution is 5.82. The molecule has 0 aliphatic heterocycles. The van der Waals surface area contributed by atoms with Gasteiger partial charge >= 0.3 is 0 Å². The lowest BCUT2D eigenvalue weighted by Crippen LogP contribution is -2.07. The van der Waals surface area contributed by atoms with Crippen LogP contribution in [0, 0.1) is 0 Å². The van der Waals surface area contributed by atoms with Gasteiger partial charge in [0.05, 0.1) is 6.33 Å². The Kier molecular flexibility index (Phi) is 4.40. The van der Waals surface area contributed by atoms with Crippen molar-refractivity contribution < 1.29 is 0 Å². The molecule has 5 nitrogen and oxygen atoms in total. The van der Waals surface area contributed by atoms with Gasteiger partial charge in [0, 0.05) is 12.6 Å². The predicted octanol–water partition coefficient (Wildman–Crippen LogP) is 3.99. The summed E-state index contributed by atoms with van der Waals surface area (Å²) in [6, 6.07) is 11.1. The van der Waals surface area contributed by atoms with Crippen LogP contribution in [-0.2, 0) is 6.42 Å². The van der Waals surface area contributed by atoms with Crippen molar-refractivity contribution in [3.8, 4) is 0 Å². The summed E-state index contributed by atoms with van der Waals surface area (Å²) in [4.78, 5) is 13.4. The van der Waals surface area contributed by atoms with E-state index in [0.717, 1.165) is 36.4 Å². The summed E-state index contributed by atoms with van der Waals surface area (Å²) >= 11 is 0. The van der Waals surface area contributed by atoms with Crippen LogP contribution in [0.1, 0.15) is 43.7 Å². The fourth-order valence-corrected chi connectivity index (χ4v) is 3.57. The molecule has 2 heterocycles. The molecule has 0 saturated heterocycles. The van der Waals surface area contributed by atoms with Gasteiger partial charge < -0.3 is 9.88 Å². The maximum absolute atomic E-state index is 4.58. The van der Waals surface area contributed by atoms with Gasteiger partial charge in [0.25, 0.3) is 0 Å². The normalized spacial score (nSPS) is 15.2. The minimum atomic E-state index is 0.552. The van der Waals surface area contributed by atoms with E-state index in [0.29, 0.717) is 6.04 Å². The van der Waals surface area contributed by atoms with Crippen LogP contribution in [0.3, 0.4) is 0 Å². The Balaban J connectivity index is 1.42. The largest absolute Gasteiger partial charge is 0.368 e. The maximum Gasteiger partial charge on any atom is 0.165 e. The molecule has 24 heavy (non-hydrogen) atoms. The SMILES string of the molecule is c1ccc(CCCNc2ncnc3c2ncn3C2CCCC2)cc1. The highest BCUT2D eigenvalue weighted by Gasteiger charge is 2.20. The number of imidazole rings is 1. The first-order valence-corrected chi connectivity index (χ1v) is 8.87. The van der Waals surface area contributed by atoms with Gasteiger partial charge in [-0.1, -0.05) is 43.2 Å². The fourth-order valence-electron chi connectivity index (χ4n) is 3.57. The zero-order valence-electron chi connectivity index (χ0n) is 13.9. The smallest absolute Gasteiger partial charge is 0.165 e. The predicted molar refractivity (Wildman–Crippen MR) is 96.1 cm³/mol. The van der Waals surface area contributed by atoms with Gasteiger partial charge in [0.15, 0.2) is 11.5 Å². The summed E-state index contributed by atoms with van der Waals surface area (Å²) in [6.45, 7) is 0.886. The zero-order valence-corrected chi connectivity index (χ0v) is 13.9. The molecule has 0 unspecified atom stereocenters. The number of benzene rings is 1. The second-order valence-electron chi connectivity index (χ2n) is 6.50. The number of nitrogens with zero attached hydrogens (tertiary/aromatic N) is 4. The average Bonchev–Trinajstić information content (AvgIpc) is 3.29. The summed E-state index contributed by atoms with van der Waals surface area (Å²) in [5, 5.41) is 3.43. The molecule has 5 heteroatoms. The van der Waals surface area contributed by atoms with Crippen LogP contribution in [0.5, 0.6) is 0 Å². The fraction of sp³-hybridized carbons (Fsp3) is 0.421. The minimum Gasteiger partial charge on any atom is -0.368 e. The highest BCUT2D eigenvalue weighted by Crippen LogP contribution is 2.32. The van der Waals surface area contributed by atoms with Crippen molar-refractivity contribution in [3.63, 3.8) is 0 Å². The average molecular weight is 321 g/mol. The molecular weight excluding hydrogens is 298 g/mol. The van der Waals surface area contributed by atoms with Crippen molar-refractivity contribution in [2.45, 2.75) is 44.6 Å². The zero-order chi connectivity index (χ0) is 16.2. The Labute approximate surface area is 142 Å². The first-order valence-electron chi connectivity index (χ1n) is 8.87. The second-order valence-corrected chi connectivity index (χ2v) is 6.50. The van der Waals surface area contributed by atoms with E-state index in [1.54, 1.807) is 6.33 Å². The van der Waals surface area contributed by atoms with Crippen molar-refractivity contribution in [3.05, 3.63) is 48.5 Å². The lowest BCUT2D eigenvalue weighted by Gasteiger charge is -2.11. The molecule has 3 aromatic rings. The molecule has 0 bridgehead atoms. The van der Waals surface area contributed by atoms with Crippen LogP contribution < -0.4 is 5.32 Å². The molecule has 0 spiro atoms. The van der Waals surface area contributed by atoms with E-state index in [9.17, 15) is 0 Å². The van der Waals surface area contributed by atoms with Gasteiger partial charge in [-0.2, -0.15) is 0 Å². The van der Waals surface area contributed by atoms with E-state index < -0.39 is 0 Å². The van der Waals surface area contributed by atoms with Crippen LogP contribution in [0.25, 0.3) is 11.2 Å². The number of rotatable bonds is 6. The number of anilines is 1. The van der Waals surface area contributed by atoms with Gasteiger partial charge in [-0.15, -0.1) is 0 Å². The Bertz CT molecular complexity index is 790. The van der Waals surface area contributed by atoms with E-state index >= 15 is 0 Å². The van der Waals surface area contributed by atoms with E-state index in [1.807, 2.05) is 6.33 Å². The van der Waals surface area contributed by atoms with Crippen molar-refractivity contribution in [1.82, 2.24) is 19.5 Å². The standard InChI is InChI=1S/C19H23N5/c1-2-7-15(8-3-1)9-6-12-20-18-17-19(22-13-21-18)24(14-23-17)16-10-4-5-11-16/h1-3,7-8,13-14,16H,4-6,9-12H2,(H,20,21,22). The third-order valence-electron chi connectivity index (χ3n) is 4.85. The van der Waals surface area contributed by atoms with Crippen LogP contribution in [0.4, 0.5) is 5.82 Å². The molecule has 2 aromatic heterocycles. The molecule has 1 fully saturated rings. The first-order chi connectivity index (χ1) is 11.9. The van der Waals surface area contributed by atoms with Crippen LogP contribution in [0.15, 0.2) is 43.0 Å². The molecule has 4 rings (SSSR count). The maximum atomic E-state index is 4.58. The first kappa shape index (κ1) is 15.1. The molecule has 0 atom stereocenters. The van der Waals surface area contributed by atoms with E-state index in [1.165, 1.54) is 31.2 Å². The van der Waals surface area contributed by atoms with Crippen LogP contribution in [0.2, 0.25) is 0 Å². The van der Waals surface area contributed by atoms with Crippen molar-refractivity contribution >= 4 is 17.0 Å². The van der Waals surface area contributed by atoms with E-state index in [4.69, 9.17) is 0 Å². The number of fused-ring (bicyclic) bond motifs is 1. The summed E-state index contributed by atoms with van der Waals surface area (Å²) in [6.07, 6.45) is 10.8. The van der Waals surface area contributed by atoms with Gasteiger partial charge in [-0.05, 0) is 31.2 Å². The van der Waals surface area contributed by atoms with Crippen molar-refractivity contribution in [2.24, 2.45) is 0 Å². The lowest BCUT2D eigenvalue weighted by molar-refractivity contribution is 0.529. The number of hydrogen-bond acceptors (Lipinski definition) is 4. The molecule has 1 N–H and O–H groups in total. The van der Waals surface area contributed by atoms with Crippen LogP contribution in [-0.4, -0.2) is 26.1 Å². The molecule has 124 valence electrons. The molecular formula is C19H23N5. The van der Waals surface area contributed by atoms with Crippen molar-refractivity contribution in [2.75, 3.05) is 11.9 Å². The number of aromatic nitrogens is 4. The summed E-state index contributed by atoms with van der Waals surface area (Å²) in [7, 11) is 0. The number of nitrogens with one attached hydrogen (secondary N) is 1. The topological polar surface area (TPSA) is 55.6 Å². The van der Waals surface area contributed by atoms with Gasteiger partial charge in [-0.3, -0.25) is 0 Å². The highest BCUT2D eigenvalue weighted by atomic mass is 15.2. The van der Waals surface area contributed by atoms with E-state index in [-0.39, 0.29) is 0 Å². The second kappa shape index (κ2) is 6.99. The third kappa shape index (κ3) is 3.11. The molecule has 1 aliphatic carbocycles. The minimum absolute atomic E-state index is 0.552. The molecule has 0 amide bonds. The molecule has 1 saturated carbocycles. The van der Waals surface area contributed by atoms with Gasteiger partial charge in [-0.25, -0.2) is 15.0 Å². The quantitative estimate of drug-likeness (QED) is 0.698. The summed E-state index contributed by atoms with van der Waals surface area (Å²) in [5.74, 6) is 0.852. The molecule has 1 aromatic carbocycles. The Morgan fingerprint density at radius 1 is 1.04 bits per heavy atom. The summed E-state index contributed by atoms with van der Waals surface area (Å²) < 4.78 is 2.24. The van der Waals surface area contributed by atoms with Gasteiger partial charge in [0.2, 0.25) is 0 Å². The Morgan fingerprint density at radius 3 is 2.71 bits per heavy atom. The van der Waals surface area contributed by atoms with E-state index in [2.05, 4.69) is 55.2 Å².